The number of carbonyl (C=O) groups excluding carboxylic acids is 2. The van der Waals surface area contributed by atoms with Crippen molar-refractivity contribution >= 4 is 18.0 Å². The van der Waals surface area contributed by atoms with Crippen LogP contribution in [0.5, 0.6) is 17.2 Å². The van der Waals surface area contributed by atoms with Crippen molar-refractivity contribution in [3.8, 4) is 29.1 Å². The minimum Gasteiger partial charge on any atom is -0.491 e. The number of anilines is 1. The minimum absolute atomic E-state index is 0.188. The summed E-state index contributed by atoms with van der Waals surface area (Å²) < 4.78 is 11.1. The molecule has 36 heavy (non-hydrogen) atoms. The molecule has 8 nitrogen and oxygen atoms in total. The highest BCUT2D eigenvalue weighted by Crippen LogP contribution is 2.28. The summed E-state index contributed by atoms with van der Waals surface area (Å²) in [6, 6.07) is 17.8. The van der Waals surface area contributed by atoms with E-state index in [0.717, 1.165) is 18.4 Å². The molecule has 8 heteroatoms. The number of nitrogens with two attached hydrogens (primary N) is 1. The lowest BCUT2D eigenvalue weighted by Gasteiger charge is -2.16. The molecular weight excluding hydrogens is 458 g/mol. The number of benzene rings is 2. The quantitative estimate of drug-likeness (QED) is 0.363. The molecule has 0 unspecified atom stereocenters. The Labute approximate surface area is 211 Å². The maximum absolute atomic E-state index is 11.0. The molecule has 0 saturated heterocycles. The molecule has 0 saturated carbocycles. The SMILES string of the molecule is CCCOc1ccc(C#CC(C)(C)O)cc1N(C)C=O.NC(=O)c1cc(Oc2ccccc2)ccn1. The number of para-hydroxylation sites is 1. The first kappa shape index (κ1) is 27.9. The molecular formula is C28H31N3O5. The smallest absolute Gasteiger partial charge is 0.267 e. The van der Waals surface area contributed by atoms with Crippen LogP contribution >= 0.6 is 0 Å². The molecule has 0 radical (unpaired) electrons. The Hall–Kier alpha value is -4.35. The van der Waals surface area contributed by atoms with Crippen molar-refractivity contribution in [2.45, 2.75) is 32.8 Å². The summed E-state index contributed by atoms with van der Waals surface area (Å²) in [5.74, 6) is 6.94. The maximum Gasteiger partial charge on any atom is 0.267 e. The monoisotopic (exact) mass is 489 g/mol. The van der Waals surface area contributed by atoms with Gasteiger partial charge in [-0.25, -0.2) is 0 Å². The number of nitrogens with zero attached hydrogens (tertiary/aromatic N) is 2. The lowest BCUT2D eigenvalue weighted by atomic mass is 10.1. The number of aliphatic hydroxyl groups is 1. The highest BCUT2D eigenvalue weighted by molar-refractivity contribution is 5.91. The summed E-state index contributed by atoms with van der Waals surface area (Å²) in [5, 5.41) is 9.61. The third-order valence-electron chi connectivity index (χ3n) is 4.43. The third-order valence-corrected chi connectivity index (χ3v) is 4.43. The molecule has 188 valence electrons. The standard InChI is InChI=1S/C16H21NO3.C12H10N2O2/c1-5-10-20-15-7-6-13(8-9-16(2,3)19)11-14(15)17(4)12-18;13-12(15)11-8-10(6-7-14-11)16-9-4-2-1-3-5-9/h6-7,11-12,19H,5,10H2,1-4H3;1-8H,(H2,13,15). The summed E-state index contributed by atoms with van der Waals surface area (Å²) in [5.41, 5.74) is 5.64. The molecule has 0 aliphatic rings. The molecule has 0 spiro atoms. The Morgan fingerprint density at radius 3 is 2.47 bits per heavy atom. The van der Waals surface area contributed by atoms with E-state index >= 15 is 0 Å². The van der Waals surface area contributed by atoms with Crippen LogP contribution in [-0.4, -0.2) is 41.7 Å². The van der Waals surface area contributed by atoms with E-state index in [4.69, 9.17) is 15.2 Å². The van der Waals surface area contributed by atoms with E-state index in [1.54, 1.807) is 39.1 Å². The summed E-state index contributed by atoms with van der Waals surface area (Å²) in [4.78, 5) is 27.1. The molecule has 0 fully saturated rings. The van der Waals surface area contributed by atoms with Gasteiger partial charge in [-0.2, -0.15) is 0 Å². The topological polar surface area (TPSA) is 115 Å². The number of primary amides is 1. The number of carbonyl (C=O) groups is 2. The zero-order valence-corrected chi connectivity index (χ0v) is 20.9. The molecule has 3 rings (SSSR count). The number of hydrogen-bond donors (Lipinski definition) is 2. The molecule has 1 aromatic heterocycles. The molecule has 0 atom stereocenters. The van der Waals surface area contributed by atoms with Crippen molar-refractivity contribution < 1.29 is 24.2 Å². The van der Waals surface area contributed by atoms with Gasteiger partial charge >= 0.3 is 0 Å². The predicted molar refractivity (Wildman–Crippen MR) is 139 cm³/mol. The van der Waals surface area contributed by atoms with Gasteiger partial charge in [-0.05, 0) is 56.7 Å². The van der Waals surface area contributed by atoms with Gasteiger partial charge in [0.05, 0.1) is 12.3 Å². The Bertz CT molecular complexity index is 1210. The van der Waals surface area contributed by atoms with E-state index in [1.807, 2.05) is 43.3 Å². The van der Waals surface area contributed by atoms with Crippen molar-refractivity contribution in [2.24, 2.45) is 5.73 Å². The minimum atomic E-state index is -1.05. The van der Waals surface area contributed by atoms with E-state index in [-0.39, 0.29) is 5.69 Å². The summed E-state index contributed by atoms with van der Waals surface area (Å²) in [6.07, 6.45) is 3.10. The molecule has 1 heterocycles. The molecule has 0 aliphatic heterocycles. The van der Waals surface area contributed by atoms with Crippen LogP contribution in [0.15, 0.2) is 66.9 Å². The first-order valence-corrected chi connectivity index (χ1v) is 11.3. The molecule has 0 aliphatic carbocycles. The van der Waals surface area contributed by atoms with Crippen molar-refractivity contribution in [3.63, 3.8) is 0 Å². The van der Waals surface area contributed by atoms with Crippen molar-refractivity contribution in [1.82, 2.24) is 4.98 Å². The second kappa shape index (κ2) is 13.5. The van der Waals surface area contributed by atoms with E-state index in [9.17, 15) is 14.7 Å². The van der Waals surface area contributed by atoms with Gasteiger partial charge in [-0.1, -0.05) is 37.0 Å². The van der Waals surface area contributed by atoms with E-state index in [0.29, 0.717) is 29.5 Å². The predicted octanol–water partition coefficient (Wildman–Crippen LogP) is 4.16. The highest BCUT2D eigenvalue weighted by Gasteiger charge is 2.10. The van der Waals surface area contributed by atoms with Crippen LogP contribution in [0.25, 0.3) is 0 Å². The molecule has 2 amide bonds. The Morgan fingerprint density at radius 2 is 1.86 bits per heavy atom. The normalized spacial score (nSPS) is 10.1. The number of amides is 2. The molecule has 3 N–H and O–H groups in total. The van der Waals surface area contributed by atoms with Crippen LogP contribution in [-0.2, 0) is 4.79 Å². The van der Waals surface area contributed by atoms with E-state index in [1.165, 1.54) is 17.2 Å². The average Bonchev–Trinajstić information content (AvgIpc) is 2.86. The van der Waals surface area contributed by atoms with Gasteiger partial charge < -0.3 is 25.2 Å². The largest absolute Gasteiger partial charge is 0.491 e. The third kappa shape index (κ3) is 9.49. The van der Waals surface area contributed by atoms with Crippen LogP contribution in [0.1, 0.15) is 43.2 Å². The van der Waals surface area contributed by atoms with Crippen LogP contribution in [0.2, 0.25) is 0 Å². The lowest BCUT2D eigenvalue weighted by molar-refractivity contribution is -0.107. The first-order chi connectivity index (χ1) is 17.1. The van der Waals surface area contributed by atoms with Gasteiger partial charge in [-0.15, -0.1) is 0 Å². The van der Waals surface area contributed by atoms with Crippen LogP contribution in [0, 0.1) is 11.8 Å². The van der Waals surface area contributed by atoms with E-state index in [2.05, 4.69) is 16.8 Å². The van der Waals surface area contributed by atoms with E-state index < -0.39 is 11.5 Å². The fraction of sp³-hybridized carbons (Fsp3) is 0.250. The van der Waals surface area contributed by atoms with Crippen molar-refractivity contribution in [3.05, 3.63) is 78.1 Å². The lowest BCUT2D eigenvalue weighted by Crippen LogP contribution is -2.16. The fourth-order valence-corrected chi connectivity index (χ4v) is 2.72. The summed E-state index contributed by atoms with van der Waals surface area (Å²) in [7, 11) is 1.66. The van der Waals surface area contributed by atoms with Gasteiger partial charge in [0, 0.05) is 24.9 Å². The van der Waals surface area contributed by atoms with Gasteiger partial charge in [0.15, 0.2) is 0 Å². The molecule has 2 aromatic carbocycles. The maximum atomic E-state index is 11.0. The second-order valence-electron chi connectivity index (χ2n) is 8.21. The van der Waals surface area contributed by atoms with Gasteiger partial charge in [0.1, 0.15) is 28.5 Å². The Kier molecular flexibility index (Phi) is 10.5. The van der Waals surface area contributed by atoms with Crippen LogP contribution in [0.4, 0.5) is 5.69 Å². The van der Waals surface area contributed by atoms with Crippen molar-refractivity contribution in [2.75, 3.05) is 18.6 Å². The second-order valence-corrected chi connectivity index (χ2v) is 8.21. The van der Waals surface area contributed by atoms with Gasteiger partial charge in [-0.3, -0.25) is 14.6 Å². The number of ether oxygens (including phenoxy) is 2. The summed E-state index contributed by atoms with van der Waals surface area (Å²) >= 11 is 0. The number of hydrogen-bond acceptors (Lipinski definition) is 6. The molecule has 0 bridgehead atoms. The van der Waals surface area contributed by atoms with Crippen LogP contribution < -0.4 is 20.1 Å². The van der Waals surface area contributed by atoms with Gasteiger partial charge in [0.2, 0.25) is 6.41 Å². The number of pyridine rings is 1. The first-order valence-electron chi connectivity index (χ1n) is 11.3. The van der Waals surface area contributed by atoms with Gasteiger partial charge in [0.25, 0.3) is 5.91 Å². The Balaban J connectivity index is 0.000000259. The highest BCUT2D eigenvalue weighted by atomic mass is 16.5. The fourth-order valence-electron chi connectivity index (χ4n) is 2.72. The number of rotatable bonds is 8. The average molecular weight is 490 g/mol. The van der Waals surface area contributed by atoms with Crippen LogP contribution in [0.3, 0.4) is 0 Å². The zero-order chi connectivity index (χ0) is 26.6. The zero-order valence-electron chi connectivity index (χ0n) is 20.9. The number of aromatic nitrogens is 1. The molecule has 3 aromatic rings. The summed E-state index contributed by atoms with van der Waals surface area (Å²) in [6.45, 7) is 5.86. The van der Waals surface area contributed by atoms with Crippen molar-refractivity contribution in [1.29, 1.82) is 0 Å². The Morgan fingerprint density at radius 1 is 1.14 bits per heavy atom.